The van der Waals surface area contributed by atoms with E-state index >= 15 is 0 Å². The second-order valence-corrected chi connectivity index (χ2v) is 4.26. The maximum Gasteiger partial charge on any atom is 0.177 e. The standard InChI is InChI=1S/C15H9N5O/c1-21-11-2-3-12-10(6-11)4-5-18-15(12)20-9-19-13(7-16)14(20)8-17/h2-6,9H,1H3. The number of imidazole rings is 1. The van der Waals surface area contributed by atoms with Gasteiger partial charge in [0.2, 0.25) is 0 Å². The lowest BCUT2D eigenvalue weighted by Crippen LogP contribution is -2.00. The number of pyridine rings is 1. The number of fused-ring (bicyclic) bond motifs is 1. The predicted molar refractivity (Wildman–Crippen MR) is 74.8 cm³/mol. The van der Waals surface area contributed by atoms with Crippen LogP contribution in [0, 0.1) is 22.7 Å². The van der Waals surface area contributed by atoms with Crippen LogP contribution < -0.4 is 4.74 Å². The number of benzene rings is 1. The van der Waals surface area contributed by atoms with Crippen molar-refractivity contribution in [3.05, 3.63) is 48.2 Å². The average Bonchev–Trinajstić information content (AvgIpc) is 2.96. The van der Waals surface area contributed by atoms with Crippen LogP contribution in [0.5, 0.6) is 5.75 Å². The highest BCUT2D eigenvalue weighted by molar-refractivity contribution is 5.89. The van der Waals surface area contributed by atoms with Crippen LogP contribution in [0.3, 0.4) is 0 Å². The summed E-state index contributed by atoms with van der Waals surface area (Å²) in [6, 6.07) is 11.3. The number of rotatable bonds is 2. The van der Waals surface area contributed by atoms with Gasteiger partial charge in [-0.15, -0.1) is 0 Å². The maximum absolute atomic E-state index is 9.23. The first kappa shape index (κ1) is 12.6. The lowest BCUT2D eigenvalue weighted by atomic mass is 10.1. The molecule has 0 N–H and O–H groups in total. The first-order valence-corrected chi connectivity index (χ1v) is 6.09. The van der Waals surface area contributed by atoms with E-state index in [4.69, 9.17) is 10.00 Å². The highest BCUT2D eigenvalue weighted by atomic mass is 16.5. The molecule has 6 heteroatoms. The molecule has 100 valence electrons. The average molecular weight is 275 g/mol. The second-order valence-electron chi connectivity index (χ2n) is 4.26. The monoisotopic (exact) mass is 275 g/mol. The molecule has 0 atom stereocenters. The van der Waals surface area contributed by atoms with Gasteiger partial charge in [0.25, 0.3) is 0 Å². The molecule has 3 aromatic rings. The van der Waals surface area contributed by atoms with Crippen LogP contribution in [0.25, 0.3) is 16.6 Å². The molecular formula is C15H9N5O. The van der Waals surface area contributed by atoms with E-state index in [1.165, 1.54) is 10.9 Å². The Morgan fingerprint density at radius 3 is 2.71 bits per heavy atom. The summed E-state index contributed by atoms with van der Waals surface area (Å²) in [5, 5.41) is 20.0. The molecule has 0 radical (unpaired) electrons. The molecule has 0 spiro atoms. The van der Waals surface area contributed by atoms with Gasteiger partial charge in [0.15, 0.2) is 11.4 Å². The molecule has 0 aliphatic carbocycles. The van der Waals surface area contributed by atoms with E-state index in [2.05, 4.69) is 9.97 Å². The van der Waals surface area contributed by atoms with E-state index in [1.807, 2.05) is 36.4 Å². The van der Waals surface area contributed by atoms with Crippen LogP contribution in [0.2, 0.25) is 0 Å². The zero-order chi connectivity index (χ0) is 14.8. The minimum absolute atomic E-state index is 0.0878. The highest BCUT2D eigenvalue weighted by Gasteiger charge is 2.14. The van der Waals surface area contributed by atoms with E-state index in [-0.39, 0.29) is 11.4 Å². The highest BCUT2D eigenvalue weighted by Crippen LogP contribution is 2.25. The topological polar surface area (TPSA) is 87.5 Å². The number of methoxy groups -OCH3 is 1. The third kappa shape index (κ3) is 1.96. The molecule has 0 saturated carbocycles. The molecule has 2 aromatic heterocycles. The lowest BCUT2D eigenvalue weighted by Gasteiger charge is -2.08. The van der Waals surface area contributed by atoms with Crippen LogP contribution in [0.1, 0.15) is 11.4 Å². The summed E-state index contributed by atoms with van der Waals surface area (Å²) >= 11 is 0. The van der Waals surface area contributed by atoms with Gasteiger partial charge in [0, 0.05) is 11.6 Å². The minimum Gasteiger partial charge on any atom is -0.497 e. The Bertz CT molecular complexity index is 914. The molecule has 0 aliphatic rings. The third-order valence-corrected chi connectivity index (χ3v) is 3.16. The van der Waals surface area contributed by atoms with E-state index in [1.54, 1.807) is 13.3 Å². The Morgan fingerprint density at radius 1 is 1.14 bits per heavy atom. The fourth-order valence-corrected chi connectivity index (χ4v) is 2.16. The van der Waals surface area contributed by atoms with Gasteiger partial charge in [-0.05, 0) is 29.7 Å². The fraction of sp³-hybridized carbons (Fsp3) is 0.0667. The van der Waals surface area contributed by atoms with Crippen molar-refractivity contribution in [2.75, 3.05) is 7.11 Å². The van der Waals surface area contributed by atoms with Crippen LogP contribution in [-0.4, -0.2) is 21.6 Å². The van der Waals surface area contributed by atoms with Gasteiger partial charge in [-0.3, -0.25) is 4.57 Å². The van der Waals surface area contributed by atoms with E-state index in [9.17, 15) is 5.26 Å². The van der Waals surface area contributed by atoms with Crippen molar-refractivity contribution in [3.8, 4) is 23.7 Å². The Kier molecular flexibility index (Phi) is 2.98. The summed E-state index contributed by atoms with van der Waals surface area (Å²) in [7, 11) is 1.60. The Hall–Kier alpha value is -3.38. The molecule has 21 heavy (non-hydrogen) atoms. The smallest absolute Gasteiger partial charge is 0.177 e. The number of nitriles is 2. The largest absolute Gasteiger partial charge is 0.497 e. The summed E-state index contributed by atoms with van der Waals surface area (Å²) in [4.78, 5) is 8.25. The summed E-state index contributed by atoms with van der Waals surface area (Å²) in [6.45, 7) is 0. The van der Waals surface area contributed by atoms with Crippen LogP contribution in [0.4, 0.5) is 0 Å². The van der Waals surface area contributed by atoms with Gasteiger partial charge >= 0.3 is 0 Å². The number of nitrogens with zero attached hydrogens (tertiary/aromatic N) is 5. The first-order valence-electron chi connectivity index (χ1n) is 6.09. The molecule has 0 unspecified atom stereocenters. The SMILES string of the molecule is COc1ccc2c(-n3cnc(C#N)c3C#N)nccc2c1. The molecule has 0 amide bonds. The van der Waals surface area contributed by atoms with Gasteiger partial charge in [-0.2, -0.15) is 10.5 Å². The van der Waals surface area contributed by atoms with Crippen molar-refractivity contribution in [2.45, 2.75) is 0 Å². The second kappa shape index (κ2) is 4.95. The van der Waals surface area contributed by atoms with E-state index < -0.39 is 0 Å². The van der Waals surface area contributed by atoms with E-state index in [0.29, 0.717) is 5.82 Å². The molecule has 3 rings (SSSR count). The first-order chi connectivity index (χ1) is 10.3. The van der Waals surface area contributed by atoms with Crippen molar-refractivity contribution in [2.24, 2.45) is 0 Å². The zero-order valence-electron chi connectivity index (χ0n) is 11.1. The fourth-order valence-electron chi connectivity index (χ4n) is 2.16. The summed E-state index contributed by atoms with van der Waals surface area (Å²) in [5.41, 5.74) is 0.262. The number of aromatic nitrogens is 3. The van der Waals surface area contributed by atoms with Crippen LogP contribution in [-0.2, 0) is 0 Å². The van der Waals surface area contributed by atoms with Crippen LogP contribution >= 0.6 is 0 Å². The number of hydrogen-bond acceptors (Lipinski definition) is 5. The molecular weight excluding hydrogens is 266 g/mol. The van der Waals surface area contributed by atoms with Gasteiger partial charge in [-0.1, -0.05) is 0 Å². The van der Waals surface area contributed by atoms with Gasteiger partial charge in [0.05, 0.1) is 7.11 Å². The number of ether oxygens (including phenoxy) is 1. The van der Waals surface area contributed by atoms with Crippen LogP contribution in [0.15, 0.2) is 36.8 Å². The van der Waals surface area contributed by atoms with E-state index in [0.717, 1.165) is 16.5 Å². The summed E-state index contributed by atoms with van der Waals surface area (Å²) in [6.07, 6.45) is 3.08. The molecule has 6 nitrogen and oxygen atoms in total. The Labute approximate surface area is 120 Å². The summed E-state index contributed by atoms with van der Waals surface area (Å²) < 4.78 is 6.72. The Balaban J connectivity index is 2.29. The lowest BCUT2D eigenvalue weighted by molar-refractivity contribution is 0.415. The molecule has 0 saturated heterocycles. The molecule has 1 aromatic carbocycles. The predicted octanol–water partition coefficient (Wildman–Crippen LogP) is 2.17. The molecule has 0 aliphatic heterocycles. The maximum atomic E-state index is 9.23. The van der Waals surface area contributed by atoms with Gasteiger partial charge in [-0.25, -0.2) is 9.97 Å². The van der Waals surface area contributed by atoms with Crippen molar-refractivity contribution in [3.63, 3.8) is 0 Å². The zero-order valence-corrected chi connectivity index (χ0v) is 11.1. The number of hydrogen-bond donors (Lipinski definition) is 0. The molecule has 2 heterocycles. The summed E-state index contributed by atoms with van der Waals surface area (Å²) in [5.74, 6) is 1.30. The van der Waals surface area contributed by atoms with Crippen molar-refractivity contribution in [1.82, 2.24) is 14.5 Å². The molecule has 0 fully saturated rings. The Morgan fingerprint density at radius 2 is 2.00 bits per heavy atom. The minimum atomic E-state index is 0.0878. The van der Waals surface area contributed by atoms with Crippen molar-refractivity contribution >= 4 is 10.8 Å². The van der Waals surface area contributed by atoms with Gasteiger partial charge in [0.1, 0.15) is 30.0 Å². The quantitative estimate of drug-likeness (QED) is 0.715. The third-order valence-electron chi connectivity index (χ3n) is 3.16. The van der Waals surface area contributed by atoms with Crippen molar-refractivity contribution in [1.29, 1.82) is 10.5 Å². The molecule has 0 bridgehead atoms. The van der Waals surface area contributed by atoms with Crippen molar-refractivity contribution < 1.29 is 4.74 Å². The normalized spacial score (nSPS) is 10.0. The van der Waals surface area contributed by atoms with Gasteiger partial charge < -0.3 is 4.74 Å².